The Labute approximate surface area is 286 Å². The number of aromatic nitrogens is 4. The van der Waals surface area contributed by atoms with Gasteiger partial charge in [0.15, 0.2) is 23.1 Å². The van der Waals surface area contributed by atoms with Gasteiger partial charge < -0.3 is 8.83 Å². The second-order valence-electron chi connectivity index (χ2n) is 12.3. The van der Waals surface area contributed by atoms with Crippen molar-refractivity contribution in [2.24, 2.45) is 0 Å². The van der Waals surface area contributed by atoms with Gasteiger partial charge in [-0.15, -0.1) is 0 Å². The number of nitrogens with zero attached hydrogens (tertiary/aromatic N) is 4. The van der Waals surface area contributed by atoms with Gasteiger partial charge in [0.25, 0.3) is 0 Å². The molecule has 0 amide bonds. The number of fused-ring (bicyclic) bond motifs is 5. The van der Waals surface area contributed by atoms with Gasteiger partial charge in [-0.2, -0.15) is 0 Å². The number of hydrogen-bond donors (Lipinski definition) is 0. The molecule has 0 spiro atoms. The lowest BCUT2D eigenvalue weighted by Crippen LogP contribution is -2.01. The molecule has 0 saturated carbocycles. The quantitative estimate of drug-likeness (QED) is 0.186. The van der Waals surface area contributed by atoms with Gasteiger partial charge in [0.2, 0.25) is 5.89 Å². The first-order chi connectivity index (χ1) is 24.7. The first-order valence-corrected chi connectivity index (χ1v) is 16.5. The summed E-state index contributed by atoms with van der Waals surface area (Å²) in [6.45, 7) is 0. The lowest BCUT2D eigenvalue weighted by atomic mass is 10.0. The van der Waals surface area contributed by atoms with Crippen molar-refractivity contribution in [1.82, 2.24) is 19.9 Å². The van der Waals surface area contributed by atoms with Crippen molar-refractivity contribution in [3.05, 3.63) is 158 Å². The van der Waals surface area contributed by atoms with Crippen LogP contribution in [0.3, 0.4) is 0 Å². The molecule has 0 aliphatic rings. The van der Waals surface area contributed by atoms with E-state index in [2.05, 4.69) is 72.8 Å². The van der Waals surface area contributed by atoms with E-state index in [4.69, 9.17) is 28.8 Å². The van der Waals surface area contributed by atoms with Crippen LogP contribution in [-0.4, -0.2) is 19.9 Å². The molecule has 10 aromatic rings. The van der Waals surface area contributed by atoms with E-state index in [9.17, 15) is 0 Å². The van der Waals surface area contributed by atoms with Crippen LogP contribution in [0.15, 0.2) is 167 Å². The SMILES string of the molecule is c1ccc(-c2ccc(-c3nc(-c4ccc5ccccc5c4)nc(-c4c5oc(-c6ccccc6)nc5cc5oc6ccccc6c45)n3)cc2)cc1. The highest BCUT2D eigenvalue weighted by Gasteiger charge is 2.24. The minimum absolute atomic E-state index is 0.475. The fourth-order valence-electron chi connectivity index (χ4n) is 6.70. The first-order valence-electron chi connectivity index (χ1n) is 16.5. The summed E-state index contributed by atoms with van der Waals surface area (Å²) in [6, 6.07) is 53.1. The number of furan rings is 1. The molecular formula is C44H26N4O2. The molecule has 0 saturated heterocycles. The molecule has 0 radical (unpaired) electrons. The van der Waals surface area contributed by atoms with Gasteiger partial charge in [-0.1, -0.05) is 127 Å². The van der Waals surface area contributed by atoms with E-state index in [1.54, 1.807) is 0 Å². The molecule has 6 nitrogen and oxygen atoms in total. The van der Waals surface area contributed by atoms with Crippen LogP contribution < -0.4 is 0 Å². The van der Waals surface area contributed by atoms with E-state index >= 15 is 0 Å². The third-order valence-electron chi connectivity index (χ3n) is 9.16. The zero-order valence-corrected chi connectivity index (χ0v) is 26.6. The second-order valence-corrected chi connectivity index (χ2v) is 12.3. The molecule has 0 N–H and O–H groups in total. The average molecular weight is 643 g/mol. The van der Waals surface area contributed by atoms with Crippen LogP contribution in [0, 0.1) is 0 Å². The van der Waals surface area contributed by atoms with Crippen molar-refractivity contribution in [2.75, 3.05) is 0 Å². The summed E-state index contributed by atoms with van der Waals surface area (Å²) in [4.78, 5) is 20.4. The smallest absolute Gasteiger partial charge is 0.227 e. The van der Waals surface area contributed by atoms with E-state index in [1.807, 2.05) is 84.9 Å². The third kappa shape index (κ3) is 4.73. The maximum absolute atomic E-state index is 6.63. The summed E-state index contributed by atoms with van der Waals surface area (Å²) in [5.41, 5.74) is 8.30. The van der Waals surface area contributed by atoms with Gasteiger partial charge in [0.05, 0.1) is 5.56 Å². The van der Waals surface area contributed by atoms with Crippen molar-refractivity contribution in [1.29, 1.82) is 0 Å². The predicted octanol–water partition coefficient (Wildman–Crippen LogP) is 11.4. The van der Waals surface area contributed by atoms with Crippen LogP contribution in [0.5, 0.6) is 0 Å². The second kappa shape index (κ2) is 11.4. The molecule has 0 fully saturated rings. The number of rotatable bonds is 5. The molecular weight excluding hydrogens is 617 g/mol. The largest absolute Gasteiger partial charge is 0.456 e. The summed E-state index contributed by atoms with van der Waals surface area (Å²) < 4.78 is 13.0. The molecule has 7 aromatic carbocycles. The van der Waals surface area contributed by atoms with E-state index < -0.39 is 0 Å². The van der Waals surface area contributed by atoms with Gasteiger partial charge in [-0.05, 0) is 46.2 Å². The van der Waals surface area contributed by atoms with E-state index in [0.717, 1.165) is 54.9 Å². The van der Waals surface area contributed by atoms with Crippen molar-refractivity contribution in [3.8, 4) is 56.7 Å². The van der Waals surface area contributed by atoms with Gasteiger partial charge in [-0.25, -0.2) is 19.9 Å². The van der Waals surface area contributed by atoms with Crippen LogP contribution >= 0.6 is 0 Å². The zero-order valence-electron chi connectivity index (χ0n) is 26.6. The molecule has 50 heavy (non-hydrogen) atoms. The highest BCUT2D eigenvalue weighted by atomic mass is 16.4. The van der Waals surface area contributed by atoms with Gasteiger partial charge >= 0.3 is 0 Å². The summed E-state index contributed by atoms with van der Waals surface area (Å²) in [5, 5.41) is 4.06. The maximum atomic E-state index is 6.63. The molecule has 6 heteroatoms. The van der Waals surface area contributed by atoms with Gasteiger partial charge in [-0.3, -0.25) is 0 Å². The molecule has 0 aliphatic heterocycles. The normalized spacial score (nSPS) is 11.6. The molecule has 3 aromatic heterocycles. The zero-order chi connectivity index (χ0) is 33.0. The third-order valence-corrected chi connectivity index (χ3v) is 9.16. The summed E-state index contributed by atoms with van der Waals surface area (Å²) in [5.74, 6) is 2.10. The highest BCUT2D eigenvalue weighted by Crippen LogP contribution is 2.42. The van der Waals surface area contributed by atoms with E-state index in [0.29, 0.717) is 45.6 Å². The number of benzene rings is 7. The first kappa shape index (κ1) is 28.1. The van der Waals surface area contributed by atoms with Crippen LogP contribution in [0.25, 0.3) is 101 Å². The standard InChI is InChI=1S/C44H26N4O2/c1-3-11-27(12-4-1)29-19-22-30(23-20-29)41-46-42(33-24-21-28-13-7-8-16-32(28)25-33)48-43(47-41)39-38-34-17-9-10-18-36(34)49-37(38)26-35-40(39)50-44(45-35)31-14-5-2-6-15-31/h1-26H. The Morgan fingerprint density at radius 3 is 1.78 bits per heavy atom. The topological polar surface area (TPSA) is 77.8 Å². The number of para-hydroxylation sites is 1. The fourth-order valence-corrected chi connectivity index (χ4v) is 6.70. The molecule has 0 atom stereocenters. The Morgan fingerprint density at radius 2 is 0.980 bits per heavy atom. The van der Waals surface area contributed by atoms with Crippen molar-refractivity contribution in [3.63, 3.8) is 0 Å². The molecule has 10 rings (SSSR count). The Morgan fingerprint density at radius 1 is 0.380 bits per heavy atom. The Balaban J connectivity index is 1.25. The number of hydrogen-bond acceptors (Lipinski definition) is 6. The van der Waals surface area contributed by atoms with Gasteiger partial charge in [0.1, 0.15) is 16.7 Å². The summed E-state index contributed by atoms with van der Waals surface area (Å²) in [7, 11) is 0. The summed E-state index contributed by atoms with van der Waals surface area (Å²) in [6.07, 6.45) is 0. The Kier molecular flexibility index (Phi) is 6.39. The molecule has 234 valence electrons. The predicted molar refractivity (Wildman–Crippen MR) is 199 cm³/mol. The monoisotopic (exact) mass is 642 g/mol. The van der Waals surface area contributed by atoms with Crippen LogP contribution in [-0.2, 0) is 0 Å². The average Bonchev–Trinajstić information content (AvgIpc) is 3.79. The van der Waals surface area contributed by atoms with Crippen LogP contribution in [0.1, 0.15) is 0 Å². The lowest BCUT2D eigenvalue weighted by molar-refractivity contribution is 0.620. The minimum Gasteiger partial charge on any atom is -0.456 e. The van der Waals surface area contributed by atoms with Crippen molar-refractivity contribution < 1.29 is 8.83 Å². The summed E-state index contributed by atoms with van der Waals surface area (Å²) >= 11 is 0. The van der Waals surface area contributed by atoms with Gasteiger partial charge in [0, 0.05) is 33.5 Å². The fraction of sp³-hybridized carbons (Fsp3) is 0. The highest BCUT2D eigenvalue weighted by molar-refractivity contribution is 6.18. The van der Waals surface area contributed by atoms with E-state index in [1.165, 1.54) is 0 Å². The molecule has 0 unspecified atom stereocenters. The van der Waals surface area contributed by atoms with E-state index in [-0.39, 0.29) is 0 Å². The molecule has 3 heterocycles. The molecule has 0 aliphatic carbocycles. The molecule has 0 bridgehead atoms. The van der Waals surface area contributed by atoms with Crippen molar-refractivity contribution in [2.45, 2.75) is 0 Å². The lowest BCUT2D eigenvalue weighted by Gasteiger charge is -2.11. The van der Waals surface area contributed by atoms with Crippen molar-refractivity contribution >= 4 is 43.8 Å². The Bertz CT molecular complexity index is 2860. The van der Waals surface area contributed by atoms with Crippen LogP contribution in [0.4, 0.5) is 0 Å². The maximum Gasteiger partial charge on any atom is 0.227 e. The van der Waals surface area contributed by atoms with Crippen LogP contribution in [0.2, 0.25) is 0 Å². The minimum atomic E-state index is 0.475. The number of oxazole rings is 1. The Hall–Kier alpha value is -6.92.